The van der Waals surface area contributed by atoms with Crippen LogP contribution in [0.2, 0.25) is 0 Å². The average molecular weight is 267 g/mol. The zero-order chi connectivity index (χ0) is 13.4. The summed E-state index contributed by atoms with van der Waals surface area (Å²) in [4.78, 5) is 11.8. The zero-order valence-corrected chi connectivity index (χ0v) is 9.24. The van der Waals surface area contributed by atoms with Gasteiger partial charge >= 0.3 is 5.82 Å². The number of aromatic nitrogens is 1. The number of primary sulfonamides is 1. The van der Waals surface area contributed by atoms with Crippen molar-refractivity contribution in [3.8, 4) is 0 Å². The molecule has 0 radical (unpaired) electrons. The summed E-state index contributed by atoms with van der Waals surface area (Å²) < 4.78 is 47.4. The summed E-state index contributed by atoms with van der Waals surface area (Å²) in [7, 11) is -4.41. The van der Waals surface area contributed by atoms with Crippen molar-refractivity contribution in [3.63, 3.8) is 0 Å². The molecule has 0 unspecified atom stereocenters. The topological polar surface area (TPSA) is 116 Å². The molecule has 0 aliphatic heterocycles. The van der Waals surface area contributed by atoms with Crippen molar-refractivity contribution in [2.45, 2.75) is 18.2 Å². The smallest absolute Gasteiger partial charge is 0.358 e. The van der Waals surface area contributed by atoms with Crippen molar-refractivity contribution < 1.29 is 22.1 Å². The van der Waals surface area contributed by atoms with Gasteiger partial charge in [-0.05, 0) is 16.8 Å². The standard InChI is InChI=1S/C7H7F2N3O4S/c1-3-5(6(8)9)4(17(10,15)16)2-11-7(3)12(13)14/h2,6H,1H3,(H2,10,15,16). The van der Waals surface area contributed by atoms with E-state index in [9.17, 15) is 27.3 Å². The predicted octanol–water partition coefficient (Wildman–Crippen LogP) is 0.883. The van der Waals surface area contributed by atoms with Crippen LogP contribution in [0.25, 0.3) is 0 Å². The number of nitro groups is 1. The van der Waals surface area contributed by atoms with E-state index in [0.717, 1.165) is 6.92 Å². The van der Waals surface area contributed by atoms with Crippen LogP contribution in [0.15, 0.2) is 11.1 Å². The molecule has 1 heterocycles. The van der Waals surface area contributed by atoms with Gasteiger partial charge in [-0.25, -0.2) is 22.3 Å². The van der Waals surface area contributed by atoms with Gasteiger partial charge in [-0.2, -0.15) is 0 Å². The summed E-state index contributed by atoms with van der Waals surface area (Å²) in [5, 5.41) is 15.2. The fourth-order valence-corrected chi connectivity index (χ4v) is 2.02. The minimum absolute atomic E-state index is 0.460. The van der Waals surface area contributed by atoms with Gasteiger partial charge in [0.05, 0.1) is 11.1 Å². The lowest BCUT2D eigenvalue weighted by Crippen LogP contribution is -2.17. The average Bonchev–Trinajstić information content (AvgIpc) is 2.14. The number of pyridine rings is 1. The maximum absolute atomic E-state index is 12.7. The minimum atomic E-state index is -4.41. The van der Waals surface area contributed by atoms with Crippen molar-refractivity contribution in [3.05, 3.63) is 27.4 Å². The van der Waals surface area contributed by atoms with Gasteiger partial charge in [-0.1, -0.05) is 0 Å². The van der Waals surface area contributed by atoms with Gasteiger partial charge in [0.1, 0.15) is 4.90 Å². The molecule has 0 aromatic carbocycles. The SMILES string of the molecule is Cc1c([N+](=O)[O-])ncc(S(N)(=O)=O)c1C(F)F. The van der Waals surface area contributed by atoms with E-state index in [2.05, 4.69) is 4.98 Å². The van der Waals surface area contributed by atoms with Crippen molar-refractivity contribution in [2.75, 3.05) is 0 Å². The van der Waals surface area contributed by atoms with Crippen LogP contribution in [-0.4, -0.2) is 18.3 Å². The molecule has 2 N–H and O–H groups in total. The number of nitrogens with zero attached hydrogens (tertiary/aromatic N) is 2. The second-order valence-electron chi connectivity index (χ2n) is 3.09. The molecule has 1 rings (SSSR count). The van der Waals surface area contributed by atoms with Crippen LogP contribution in [-0.2, 0) is 10.0 Å². The number of rotatable bonds is 3. The maximum atomic E-state index is 12.7. The molecule has 0 amide bonds. The molecule has 0 saturated carbocycles. The molecule has 0 fully saturated rings. The Hall–Kier alpha value is -1.68. The van der Waals surface area contributed by atoms with E-state index in [1.807, 2.05) is 0 Å². The zero-order valence-electron chi connectivity index (χ0n) is 8.42. The molecule has 0 spiro atoms. The van der Waals surface area contributed by atoms with Crippen LogP contribution in [0, 0.1) is 17.0 Å². The van der Waals surface area contributed by atoms with E-state index < -0.39 is 43.2 Å². The number of sulfonamides is 1. The second-order valence-corrected chi connectivity index (χ2v) is 4.62. The van der Waals surface area contributed by atoms with E-state index in [4.69, 9.17) is 5.14 Å². The molecular formula is C7H7F2N3O4S. The highest BCUT2D eigenvalue weighted by Crippen LogP contribution is 2.32. The largest absolute Gasteiger partial charge is 0.366 e. The highest BCUT2D eigenvalue weighted by Gasteiger charge is 2.29. The van der Waals surface area contributed by atoms with Crippen LogP contribution in [0.4, 0.5) is 14.6 Å². The van der Waals surface area contributed by atoms with Gasteiger partial charge in [0, 0.05) is 0 Å². The highest BCUT2D eigenvalue weighted by molar-refractivity contribution is 7.89. The molecule has 0 aliphatic rings. The number of hydrogen-bond donors (Lipinski definition) is 1. The number of alkyl halides is 2. The number of nitrogens with two attached hydrogens (primary N) is 1. The first kappa shape index (κ1) is 13.4. The fourth-order valence-electron chi connectivity index (χ4n) is 1.27. The first-order valence-corrected chi connectivity index (χ1v) is 5.65. The molecule has 0 atom stereocenters. The van der Waals surface area contributed by atoms with E-state index in [-0.39, 0.29) is 0 Å². The lowest BCUT2D eigenvalue weighted by Gasteiger charge is -2.08. The van der Waals surface area contributed by atoms with Gasteiger partial charge < -0.3 is 10.1 Å². The van der Waals surface area contributed by atoms with Crippen LogP contribution >= 0.6 is 0 Å². The summed E-state index contributed by atoms with van der Waals surface area (Å²) in [6.45, 7) is 0.987. The Labute approximate surface area is 94.5 Å². The Morgan fingerprint density at radius 3 is 2.41 bits per heavy atom. The quantitative estimate of drug-likeness (QED) is 0.644. The molecular weight excluding hydrogens is 260 g/mol. The molecule has 1 aromatic rings. The van der Waals surface area contributed by atoms with Gasteiger partial charge in [0.15, 0.2) is 6.20 Å². The molecule has 7 nitrogen and oxygen atoms in total. The first-order chi connectivity index (χ1) is 7.66. The van der Waals surface area contributed by atoms with Crippen molar-refractivity contribution >= 4 is 15.8 Å². The predicted molar refractivity (Wildman–Crippen MR) is 52.0 cm³/mol. The van der Waals surface area contributed by atoms with E-state index in [1.165, 1.54) is 0 Å². The third kappa shape index (κ3) is 2.53. The monoisotopic (exact) mass is 267 g/mol. The Morgan fingerprint density at radius 2 is 2.06 bits per heavy atom. The Kier molecular flexibility index (Phi) is 3.38. The van der Waals surface area contributed by atoms with Gasteiger partial charge in [0.25, 0.3) is 6.43 Å². The van der Waals surface area contributed by atoms with Crippen LogP contribution in [0.1, 0.15) is 17.6 Å². The fraction of sp³-hybridized carbons (Fsp3) is 0.286. The summed E-state index contributed by atoms with van der Waals surface area (Å²) in [5.74, 6) is -0.826. The van der Waals surface area contributed by atoms with Gasteiger partial charge in [0.2, 0.25) is 10.0 Å². The number of hydrogen-bond acceptors (Lipinski definition) is 5. The van der Waals surface area contributed by atoms with Crippen LogP contribution in [0.3, 0.4) is 0 Å². The van der Waals surface area contributed by atoms with Crippen molar-refractivity contribution in [1.29, 1.82) is 0 Å². The Bertz CT molecular complexity index is 573. The van der Waals surface area contributed by atoms with Gasteiger partial charge in [-0.15, -0.1) is 0 Å². The summed E-state index contributed by atoms with van der Waals surface area (Å²) in [6, 6.07) is 0. The van der Waals surface area contributed by atoms with Crippen LogP contribution in [0.5, 0.6) is 0 Å². The van der Waals surface area contributed by atoms with E-state index in [0.29, 0.717) is 6.20 Å². The Morgan fingerprint density at radius 1 is 1.53 bits per heavy atom. The number of halogens is 2. The normalized spacial score (nSPS) is 11.8. The first-order valence-electron chi connectivity index (χ1n) is 4.11. The highest BCUT2D eigenvalue weighted by atomic mass is 32.2. The van der Waals surface area contributed by atoms with Crippen LogP contribution < -0.4 is 5.14 Å². The molecule has 94 valence electrons. The Balaban J connectivity index is 3.69. The summed E-state index contributed by atoms with van der Waals surface area (Å²) in [6.07, 6.45) is -2.74. The minimum Gasteiger partial charge on any atom is -0.358 e. The third-order valence-electron chi connectivity index (χ3n) is 2.01. The lowest BCUT2D eigenvalue weighted by atomic mass is 10.1. The third-order valence-corrected chi connectivity index (χ3v) is 2.95. The maximum Gasteiger partial charge on any atom is 0.366 e. The van der Waals surface area contributed by atoms with E-state index >= 15 is 0 Å². The van der Waals surface area contributed by atoms with Gasteiger partial charge in [-0.3, -0.25) is 0 Å². The van der Waals surface area contributed by atoms with Crippen molar-refractivity contribution in [1.82, 2.24) is 4.98 Å². The lowest BCUT2D eigenvalue weighted by molar-refractivity contribution is -0.390. The van der Waals surface area contributed by atoms with Crippen molar-refractivity contribution in [2.24, 2.45) is 5.14 Å². The molecule has 0 bridgehead atoms. The molecule has 17 heavy (non-hydrogen) atoms. The molecule has 0 aliphatic carbocycles. The summed E-state index contributed by atoms with van der Waals surface area (Å²) in [5.41, 5.74) is -1.51. The molecule has 1 aromatic heterocycles. The molecule has 10 heteroatoms. The second kappa shape index (κ2) is 4.30. The molecule has 0 saturated heterocycles. The summed E-state index contributed by atoms with van der Waals surface area (Å²) >= 11 is 0. The van der Waals surface area contributed by atoms with E-state index in [1.54, 1.807) is 0 Å².